The van der Waals surface area contributed by atoms with Gasteiger partial charge in [0.1, 0.15) is 11.5 Å². The standard InChI is InChI=1S/C19H13N7O/c1-2-8-15-14(7-1)22-17(23-15)12-5-3-6-13(11-12)21-19-26-25-18(27-19)16-9-4-10-20-24-16/h1-11H,(H,21,26)(H,22,23). The van der Waals surface area contributed by atoms with Gasteiger partial charge < -0.3 is 14.7 Å². The summed E-state index contributed by atoms with van der Waals surface area (Å²) < 4.78 is 5.61. The van der Waals surface area contributed by atoms with E-state index in [0.717, 1.165) is 28.1 Å². The minimum atomic E-state index is 0.275. The number of aromatic nitrogens is 6. The van der Waals surface area contributed by atoms with Crippen LogP contribution in [0.15, 0.2) is 71.3 Å². The van der Waals surface area contributed by atoms with Gasteiger partial charge in [0.15, 0.2) is 0 Å². The fourth-order valence-electron chi connectivity index (χ4n) is 2.75. The molecule has 0 bridgehead atoms. The fraction of sp³-hybridized carbons (Fsp3) is 0. The first-order chi connectivity index (χ1) is 13.3. The van der Waals surface area contributed by atoms with Gasteiger partial charge in [-0.1, -0.05) is 29.4 Å². The van der Waals surface area contributed by atoms with Crippen LogP contribution >= 0.6 is 0 Å². The zero-order valence-corrected chi connectivity index (χ0v) is 14.0. The number of hydrogen-bond acceptors (Lipinski definition) is 7. The molecule has 0 saturated heterocycles. The topological polar surface area (TPSA) is 105 Å². The molecule has 8 nitrogen and oxygen atoms in total. The summed E-state index contributed by atoms with van der Waals surface area (Å²) in [5.74, 6) is 1.10. The zero-order chi connectivity index (χ0) is 18.1. The van der Waals surface area contributed by atoms with Gasteiger partial charge in [-0.05, 0) is 36.4 Å². The fourth-order valence-corrected chi connectivity index (χ4v) is 2.75. The summed E-state index contributed by atoms with van der Waals surface area (Å²) in [4.78, 5) is 7.95. The Labute approximate surface area is 153 Å². The van der Waals surface area contributed by atoms with Gasteiger partial charge in [-0.2, -0.15) is 5.10 Å². The Bertz CT molecular complexity index is 1180. The highest BCUT2D eigenvalue weighted by molar-refractivity contribution is 5.80. The molecular formula is C19H13N7O. The largest absolute Gasteiger partial charge is 0.401 e. The maximum Gasteiger partial charge on any atom is 0.320 e. The zero-order valence-electron chi connectivity index (χ0n) is 14.0. The lowest BCUT2D eigenvalue weighted by atomic mass is 10.2. The number of anilines is 2. The monoisotopic (exact) mass is 355 g/mol. The molecule has 27 heavy (non-hydrogen) atoms. The summed E-state index contributed by atoms with van der Waals surface area (Å²) in [6, 6.07) is 19.5. The number of imidazole rings is 1. The first-order valence-electron chi connectivity index (χ1n) is 8.29. The van der Waals surface area contributed by atoms with Gasteiger partial charge >= 0.3 is 6.01 Å². The van der Waals surface area contributed by atoms with E-state index in [1.807, 2.05) is 48.5 Å². The predicted molar refractivity (Wildman–Crippen MR) is 100 cm³/mol. The molecule has 5 aromatic rings. The number of para-hydroxylation sites is 2. The highest BCUT2D eigenvalue weighted by Crippen LogP contribution is 2.25. The second kappa shape index (κ2) is 6.34. The number of nitrogens with zero attached hydrogens (tertiary/aromatic N) is 5. The highest BCUT2D eigenvalue weighted by atomic mass is 16.4. The lowest BCUT2D eigenvalue weighted by Crippen LogP contribution is -1.91. The molecule has 0 saturated carbocycles. The van der Waals surface area contributed by atoms with E-state index in [9.17, 15) is 0 Å². The number of H-pyrrole nitrogens is 1. The van der Waals surface area contributed by atoms with Crippen LogP contribution in [0.5, 0.6) is 0 Å². The number of hydrogen-bond donors (Lipinski definition) is 2. The summed E-state index contributed by atoms with van der Waals surface area (Å²) >= 11 is 0. The van der Waals surface area contributed by atoms with Gasteiger partial charge in [0, 0.05) is 17.4 Å². The Balaban J connectivity index is 1.42. The van der Waals surface area contributed by atoms with Crippen LogP contribution in [0.3, 0.4) is 0 Å². The van der Waals surface area contributed by atoms with Crippen molar-refractivity contribution in [1.82, 2.24) is 30.4 Å². The molecule has 8 heteroatoms. The Hall–Kier alpha value is -4.07. The molecule has 2 aromatic carbocycles. The Morgan fingerprint density at radius 1 is 0.889 bits per heavy atom. The van der Waals surface area contributed by atoms with E-state index >= 15 is 0 Å². The lowest BCUT2D eigenvalue weighted by Gasteiger charge is -2.03. The minimum absolute atomic E-state index is 0.275. The van der Waals surface area contributed by atoms with Crippen molar-refractivity contribution < 1.29 is 4.42 Å². The molecule has 0 aliphatic carbocycles. The Kier molecular flexibility index (Phi) is 3.57. The third-order valence-corrected chi connectivity index (χ3v) is 3.99. The van der Waals surface area contributed by atoms with Gasteiger partial charge in [0.05, 0.1) is 11.0 Å². The number of benzene rings is 2. The van der Waals surface area contributed by atoms with Crippen LogP contribution in [0, 0.1) is 0 Å². The highest BCUT2D eigenvalue weighted by Gasteiger charge is 2.11. The summed E-state index contributed by atoms with van der Waals surface area (Å²) in [6.45, 7) is 0. The average Bonchev–Trinajstić information content (AvgIpc) is 3.36. The maximum atomic E-state index is 5.61. The van der Waals surface area contributed by atoms with E-state index in [2.05, 4.69) is 35.7 Å². The lowest BCUT2D eigenvalue weighted by molar-refractivity contribution is 0.584. The molecule has 0 atom stereocenters. The minimum Gasteiger partial charge on any atom is -0.401 e. The summed E-state index contributed by atoms with van der Waals surface area (Å²) in [5.41, 5.74) is 4.20. The molecule has 3 aromatic heterocycles. The summed E-state index contributed by atoms with van der Waals surface area (Å²) in [7, 11) is 0. The first-order valence-corrected chi connectivity index (χ1v) is 8.29. The van der Waals surface area contributed by atoms with Gasteiger partial charge in [-0.25, -0.2) is 4.98 Å². The van der Waals surface area contributed by atoms with E-state index in [4.69, 9.17) is 4.42 Å². The van der Waals surface area contributed by atoms with Crippen molar-refractivity contribution in [2.45, 2.75) is 0 Å². The summed E-state index contributed by atoms with van der Waals surface area (Å²) in [6.07, 6.45) is 1.59. The number of rotatable bonds is 4. The average molecular weight is 355 g/mol. The van der Waals surface area contributed by atoms with Crippen molar-refractivity contribution in [1.29, 1.82) is 0 Å². The Morgan fingerprint density at radius 2 is 1.85 bits per heavy atom. The Morgan fingerprint density at radius 3 is 2.74 bits per heavy atom. The summed E-state index contributed by atoms with van der Waals surface area (Å²) in [5, 5.41) is 18.9. The molecule has 5 rings (SSSR count). The molecule has 2 N–H and O–H groups in total. The molecule has 0 aliphatic rings. The molecule has 0 amide bonds. The predicted octanol–water partition coefficient (Wildman–Crippen LogP) is 3.81. The third-order valence-electron chi connectivity index (χ3n) is 3.99. The van der Waals surface area contributed by atoms with Gasteiger partial charge in [-0.3, -0.25) is 0 Å². The normalized spacial score (nSPS) is 11.0. The molecule has 0 radical (unpaired) electrons. The van der Waals surface area contributed by atoms with Crippen molar-refractivity contribution in [2.24, 2.45) is 0 Å². The van der Waals surface area contributed by atoms with E-state index in [-0.39, 0.29) is 6.01 Å². The van der Waals surface area contributed by atoms with E-state index in [0.29, 0.717) is 11.6 Å². The van der Waals surface area contributed by atoms with Crippen molar-refractivity contribution >= 4 is 22.7 Å². The van der Waals surface area contributed by atoms with Crippen LogP contribution in [-0.4, -0.2) is 30.4 Å². The molecule has 130 valence electrons. The van der Waals surface area contributed by atoms with Gasteiger partial charge in [0.2, 0.25) is 0 Å². The number of nitrogens with one attached hydrogen (secondary N) is 2. The van der Waals surface area contributed by atoms with Crippen LogP contribution in [-0.2, 0) is 0 Å². The van der Waals surface area contributed by atoms with Crippen molar-refractivity contribution in [3.63, 3.8) is 0 Å². The maximum absolute atomic E-state index is 5.61. The smallest absolute Gasteiger partial charge is 0.320 e. The molecular weight excluding hydrogens is 342 g/mol. The van der Waals surface area contributed by atoms with E-state index in [1.165, 1.54) is 0 Å². The molecule has 0 aliphatic heterocycles. The van der Waals surface area contributed by atoms with Crippen LogP contribution in [0.4, 0.5) is 11.7 Å². The van der Waals surface area contributed by atoms with Gasteiger partial charge in [-0.15, -0.1) is 10.2 Å². The van der Waals surface area contributed by atoms with Crippen molar-refractivity contribution in [3.05, 3.63) is 66.9 Å². The SMILES string of the molecule is c1cc(Nc2nnc(-c3cccnn3)o2)cc(-c2nc3ccccc3[nH]2)c1. The van der Waals surface area contributed by atoms with Gasteiger partial charge in [0.25, 0.3) is 5.89 Å². The molecule has 0 spiro atoms. The number of aromatic amines is 1. The number of fused-ring (bicyclic) bond motifs is 1. The molecule has 0 unspecified atom stereocenters. The van der Waals surface area contributed by atoms with Crippen LogP contribution in [0.2, 0.25) is 0 Å². The second-order valence-corrected chi connectivity index (χ2v) is 5.83. The molecule has 3 heterocycles. The van der Waals surface area contributed by atoms with E-state index in [1.54, 1.807) is 18.3 Å². The van der Waals surface area contributed by atoms with E-state index < -0.39 is 0 Å². The van der Waals surface area contributed by atoms with Crippen LogP contribution < -0.4 is 5.32 Å². The van der Waals surface area contributed by atoms with Crippen LogP contribution in [0.1, 0.15) is 0 Å². The van der Waals surface area contributed by atoms with Crippen LogP contribution in [0.25, 0.3) is 34.0 Å². The molecule has 0 fully saturated rings. The third kappa shape index (κ3) is 2.99. The quantitative estimate of drug-likeness (QED) is 0.505. The second-order valence-electron chi connectivity index (χ2n) is 5.83. The first kappa shape index (κ1) is 15.2. The van der Waals surface area contributed by atoms with Crippen molar-refractivity contribution in [3.8, 4) is 23.0 Å². The van der Waals surface area contributed by atoms with Crippen molar-refractivity contribution in [2.75, 3.05) is 5.32 Å².